The van der Waals surface area contributed by atoms with Crippen LogP contribution in [0, 0.1) is 0 Å². The zero-order valence-electron chi connectivity index (χ0n) is 17.5. The summed E-state index contributed by atoms with van der Waals surface area (Å²) in [5, 5.41) is 16.5. The second-order valence-electron chi connectivity index (χ2n) is 7.92. The van der Waals surface area contributed by atoms with E-state index in [0.717, 1.165) is 53.3 Å². The molecule has 0 radical (unpaired) electrons. The molecule has 0 N–H and O–H groups in total. The fraction of sp³-hybridized carbons (Fsp3) is 0.318. The van der Waals surface area contributed by atoms with Gasteiger partial charge in [-0.05, 0) is 30.8 Å². The Morgan fingerprint density at radius 3 is 2.68 bits per heavy atom. The Labute approximate surface area is 184 Å². The van der Waals surface area contributed by atoms with Crippen LogP contribution in [0.15, 0.2) is 42.0 Å². The number of aryl methyl sites for hydroxylation is 1. The molecule has 0 atom stereocenters. The average Bonchev–Trinajstić information content (AvgIpc) is 3.43. The SMILES string of the molecule is CN1CCN(c2nc(C(=O)Cc3cc4cc(-c5cnn(C)c5)ccc4nn3)cs2)CC1. The van der Waals surface area contributed by atoms with E-state index in [1.54, 1.807) is 4.68 Å². The van der Waals surface area contributed by atoms with Crippen molar-refractivity contribution in [3.8, 4) is 11.1 Å². The van der Waals surface area contributed by atoms with Crippen molar-refractivity contribution >= 4 is 33.2 Å². The predicted molar refractivity (Wildman–Crippen MR) is 122 cm³/mol. The van der Waals surface area contributed by atoms with Gasteiger partial charge in [-0.3, -0.25) is 9.48 Å². The van der Waals surface area contributed by atoms with Crippen molar-refractivity contribution in [2.75, 3.05) is 38.1 Å². The third-order valence-electron chi connectivity index (χ3n) is 5.57. The number of aromatic nitrogens is 5. The van der Waals surface area contributed by atoms with Crippen LogP contribution in [0.4, 0.5) is 5.13 Å². The van der Waals surface area contributed by atoms with Crippen molar-refractivity contribution in [1.82, 2.24) is 29.9 Å². The van der Waals surface area contributed by atoms with Crippen molar-refractivity contribution in [2.24, 2.45) is 7.05 Å². The monoisotopic (exact) mass is 433 g/mol. The van der Waals surface area contributed by atoms with Crippen molar-refractivity contribution < 1.29 is 4.79 Å². The highest BCUT2D eigenvalue weighted by Crippen LogP contribution is 2.25. The zero-order valence-corrected chi connectivity index (χ0v) is 18.3. The Morgan fingerprint density at radius 1 is 1.06 bits per heavy atom. The summed E-state index contributed by atoms with van der Waals surface area (Å²) >= 11 is 1.53. The maximum Gasteiger partial charge on any atom is 0.188 e. The summed E-state index contributed by atoms with van der Waals surface area (Å²) in [6.07, 6.45) is 3.99. The lowest BCUT2D eigenvalue weighted by Gasteiger charge is -2.32. The average molecular weight is 434 g/mol. The van der Waals surface area contributed by atoms with Gasteiger partial charge in [0.15, 0.2) is 10.9 Å². The molecule has 9 heteroatoms. The Bertz CT molecular complexity index is 1240. The predicted octanol–water partition coefficient (Wildman–Crippen LogP) is 2.66. The Hall–Kier alpha value is -3.17. The maximum atomic E-state index is 12.8. The Balaban J connectivity index is 1.33. The highest BCUT2D eigenvalue weighted by Gasteiger charge is 2.19. The van der Waals surface area contributed by atoms with Crippen LogP contribution in [0.1, 0.15) is 16.2 Å². The van der Waals surface area contributed by atoms with E-state index in [2.05, 4.69) is 43.2 Å². The minimum absolute atomic E-state index is 0.0336. The van der Waals surface area contributed by atoms with Gasteiger partial charge in [0.05, 0.1) is 23.8 Å². The fourth-order valence-corrected chi connectivity index (χ4v) is 4.60. The van der Waals surface area contributed by atoms with Crippen molar-refractivity contribution in [2.45, 2.75) is 6.42 Å². The summed E-state index contributed by atoms with van der Waals surface area (Å²) in [7, 11) is 4.02. The molecule has 4 heterocycles. The van der Waals surface area contributed by atoms with Crippen molar-refractivity contribution in [3.05, 3.63) is 53.4 Å². The molecule has 5 rings (SSSR count). The van der Waals surface area contributed by atoms with Gasteiger partial charge in [-0.25, -0.2) is 4.98 Å². The molecule has 0 aliphatic carbocycles. The molecule has 3 aromatic heterocycles. The van der Waals surface area contributed by atoms with Gasteiger partial charge in [0.2, 0.25) is 0 Å². The summed E-state index contributed by atoms with van der Waals surface area (Å²) in [6, 6.07) is 7.95. The van der Waals surface area contributed by atoms with Gasteiger partial charge in [-0.1, -0.05) is 6.07 Å². The van der Waals surface area contributed by atoms with Crippen LogP contribution >= 0.6 is 11.3 Å². The van der Waals surface area contributed by atoms with E-state index in [1.807, 2.05) is 43.0 Å². The second-order valence-corrected chi connectivity index (χ2v) is 8.75. The number of hydrogen-bond acceptors (Lipinski definition) is 8. The minimum Gasteiger partial charge on any atom is -0.346 e. The molecule has 4 aromatic rings. The van der Waals surface area contributed by atoms with E-state index in [0.29, 0.717) is 11.4 Å². The Kier molecular flexibility index (Phi) is 5.21. The molecule has 0 amide bonds. The van der Waals surface area contributed by atoms with Crippen LogP contribution in [0.5, 0.6) is 0 Å². The number of rotatable bonds is 5. The number of Topliss-reactive ketones (excluding diaryl/α,β-unsaturated/α-hetero) is 1. The number of piperazine rings is 1. The normalized spacial score (nSPS) is 15.0. The second kappa shape index (κ2) is 8.16. The van der Waals surface area contributed by atoms with E-state index in [1.165, 1.54) is 11.3 Å². The van der Waals surface area contributed by atoms with Crippen LogP contribution in [0.3, 0.4) is 0 Å². The van der Waals surface area contributed by atoms with Crippen LogP contribution in [-0.4, -0.2) is 68.9 Å². The molecule has 0 saturated carbocycles. The van der Waals surface area contributed by atoms with E-state index in [-0.39, 0.29) is 12.2 Å². The first kappa shape index (κ1) is 19.8. The Morgan fingerprint density at radius 2 is 1.90 bits per heavy atom. The van der Waals surface area contributed by atoms with E-state index in [9.17, 15) is 4.79 Å². The van der Waals surface area contributed by atoms with Crippen LogP contribution in [0.25, 0.3) is 22.0 Å². The number of hydrogen-bond donors (Lipinski definition) is 0. The summed E-state index contributed by atoms with van der Waals surface area (Å²) in [5.41, 5.74) is 4.05. The summed E-state index contributed by atoms with van der Waals surface area (Å²) in [6.45, 7) is 3.90. The van der Waals surface area contributed by atoms with Gasteiger partial charge in [-0.2, -0.15) is 15.3 Å². The molecule has 158 valence electrons. The third kappa shape index (κ3) is 4.19. The fourth-order valence-electron chi connectivity index (χ4n) is 3.71. The molecule has 0 bridgehead atoms. The largest absolute Gasteiger partial charge is 0.346 e. The van der Waals surface area contributed by atoms with Crippen LogP contribution in [-0.2, 0) is 13.5 Å². The van der Waals surface area contributed by atoms with Crippen molar-refractivity contribution in [1.29, 1.82) is 0 Å². The number of anilines is 1. The maximum absolute atomic E-state index is 12.8. The number of carbonyl (C=O) groups is 1. The van der Waals surface area contributed by atoms with Gasteiger partial charge >= 0.3 is 0 Å². The number of thiazole rings is 1. The molecule has 1 fully saturated rings. The number of carbonyl (C=O) groups excluding carboxylic acids is 1. The number of ketones is 1. The quantitative estimate of drug-likeness (QED) is 0.448. The van der Waals surface area contributed by atoms with Crippen molar-refractivity contribution in [3.63, 3.8) is 0 Å². The van der Waals surface area contributed by atoms with Gasteiger partial charge in [0, 0.05) is 55.8 Å². The number of likely N-dealkylation sites (N-methyl/N-ethyl adjacent to an activating group) is 1. The van der Waals surface area contributed by atoms with Gasteiger partial charge in [0.1, 0.15) is 5.69 Å². The highest BCUT2D eigenvalue weighted by atomic mass is 32.1. The molecular formula is C22H23N7OS. The first-order valence-electron chi connectivity index (χ1n) is 10.2. The zero-order chi connectivity index (χ0) is 21.4. The molecule has 1 aromatic carbocycles. The van der Waals surface area contributed by atoms with Gasteiger partial charge in [-0.15, -0.1) is 11.3 Å². The van der Waals surface area contributed by atoms with E-state index in [4.69, 9.17) is 0 Å². The molecule has 31 heavy (non-hydrogen) atoms. The topological polar surface area (TPSA) is 80.0 Å². The number of fused-ring (bicyclic) bond motifs is 1. The lowest BCUT2D eigenvalue weighted by Crippen LogP contribution is -2.44. The van der Waals surface area contributed by atoms with E-state index < -0.39 is 0 Å². The summed E-state index contributed by atoms with van der Waals surface area (Å²) in [4.78, 5) is 22.0. The molecule has 0 spiro atoms. The van der Waals surface area contributed by atoms with Crippen LogP contribution in [0.2, 0.25) is 0 Å². The van der Waals surface area contributed by atoms with E-state index >= 15 is 0 Å². The van der Waals surface area contributed by atoms with Crippen LogP contribution < -0.4 is 4.90 Å². The molecule has 0 unspecified atom stereocenters. The number of nitrogens with zero attached hydrogens (tertiary/aromatic N) is 7. The number of benzene rings is 1. The molecule has 1 aliphatic heterocycles. The highest BCUT2D eigenvalue weighted by molar-refractivity contribution is 7.13. The third-order valence-corrected chi connectivity index (χ3v) is 6.47. The minimum atomic E-state index is -0.0336. The first-order chi connectivity index (χ1) is 15.0. The molecule has 8 nitrogen and oxygen atoms in total. The smallest absolute Gasteiger partial charge is 0.188 e. The van der Waals surface area contributed by atoms with Gasteiger partial charge in [0.25, 0.3) is 0 Å². The summed E-state index contributed by atoms with van der Waals surface area (Å²) in [5.74, 6) is -0.0336. The standard InChI is InChI=1S/C22H23N7OS/c1-27-5-7-29(8-6-27)22-24-20(14-31-22)21(30)11-18-10-16-9-15(3-4-19(16)26-25-18)17-12-23-28(2)13-17/h3-4,9-10,12-14H,5-8,11H2,1-2H3. The molecule has 1 saturated heterocycles. The van der Waals surface area contributed by atoms with Gasteiger partial charge < -0.3 is 9.80 Å². The first-order valence-corrected chi connectivity index (χ1v) is 11.1. The summed E-state index contributed by atoms with van der Waals surface area (Å²) < 4.78 is 1.78. The lowest BCUT2D eigenvalue weighted by atomic mass is 10.1. The molecule has 1 aliphatic rings. The molecular weight excluding hydrogens is 410 g/mol. The lowest BCUT2D eigenvalue weighted by molar-refractivity contribution is 0.0987.